The third-order valence-electron chi connectivity index (χ3n) is 4.22. The van der Waals surface area contributed by atoms with Crippen molar-refractivity contribution < 1.29 is 22.9 Å². The predicted molar refractivity (Wildman–Crippen MR) is 111 cm³/mol. The highest BCUT2D eigenvalue weighted by molar-refractivity contribution is 7.52. The van der Waals surface area contributed by atoms with Crippen LogP contribution >= 0.6 is 7.60 Å². The largest absolute Gasteiger partial charge is 0.356 e. The molecule has 8 heteroatoms. The van der Waals surface area contributed by atoms with Gasteiger partial charge in [-0.1, -0.05) is 47.6 Å². The van der Waals surface area contributed by atoms with Gasteiger partial charge in [0.25, 0.3) is 0 Å². The van der Waals surface area contributed by atoms with Crippen molar-refractivity contribution in [2.75, 3.05) is 19.5 Å². The van der Waals surface area contributed by atoms with E-state index in [-0.39, 0.29) is 12.1 Å². The van der Waals surface area contributed by atoms with Crippen LogP contribution in [0.5, 0.6) is 0 Å². The second-order valence-electron chi connectivity index (χ2n) is 6.12. The molecule has 0 radical (unpaired) electrons. The Morgan fingerprint density at radius 3 is 2.45 bits per heavy atom. The van der Waals surface area contributed by atoms with Crippen LogP contribution in [-0.4, -0.2) is 25.3 Å². The topological polar surface area (TPSA) is 90.7 Å². The van der Waals surface area contributed by atoms with Crippen LogP contribution < -0.4 is 5.32 Å². The van der Waals surface area contributed by atoms with E-state index >= 15 is 0 Å². The van der Waals surface area contributed by atoms with Gasteiger partial charge < -0.3 is 18.9 Å². The molecule has 0 fully saturated rings. The predicted octanol–water partition coefficient (Wildman–Crippen LogP) is 4.98. The standard InChI is InChI=1S/C21H21N2O5P/c1-26-29(25,27-2)15-16-8-10-18(11-9-16)23-21(24)13-12-20-19(14-22-28-20)17-6-4-3-5-7-17/h3-14H,15H2,1-2H3,(H,23,24)/b13-12+. The number of nitrogens with zero attached hydrogens (tertiary/aromatic N) is 1. The highest BCUT2D eigenvalue weighted by Gasteiger charge is 2.21. The molecule has 0 aliphatic heterocycles. The van der Waals surface area contributed by atoms with Crippen LogP contribution in [0.15, 0.2) is 71.4 Å². The fourth-order valence-electron chi connectivity index (χ4n) is 2.66. The van der Waals surface area contributed by atoms with Crippen LogP contribution in [0.1, 0.15) is 11.3 Å². The molecule has 0 aliphatic rings. The quantitative estimate of drug-likeness (QED) is 0.415. The van der Waals surface area contributed by atoms with Crippen LogP contribution in [-0.2, 0) is 24.6 Å². The molecule has 0 spiro atoms. The molecule has 0 aliphatic carbocycles. The fraction of sp³-hybridized carbons (Fsp3) is 0.143. The molecule has 3 aromatic rings. The first kappa shape index (κ1) is 20.7. The van der Waals surface area contributed by atoms with Crippen LogP contribution in [0.2, 0.25) is 0 Å². The highest BCUT2D eigenvalue weighted by atomic mass is 31.2. The van der Waals surface area contributed by atoms with E-state index in [9.17, 15) is 9.36 Å². The van der Waals surface area contributed by atoms with Crippen molar-refractivity contribution in [1.29, 1.82) is 0 Å². The number of aromatic nitrogens is 1. The molecular weight excluding hydrogens is 391 g/mol. The minimum absolute atomic E-state index is 0.155. The van der Waals surface area contributed by atoms with E-state index in [1.165, 1.54) is 20.3 Å². The number of anilines is 1. The van der Waals surface area contributed by atoms with Gasteiger partial charge in [-0.15, -0.1) is 0 Å². The van der Waals surface area contributed by atoms with E-state index < -0.39 is 7.60 Å². The Kier molecular flexibility index (Phi) is 6.77. The lowest BCUT2D eigenvalue weighted by Gasteiger charge is -2.13. The number of hydrogen-bond acceptors (Lipinski definition) is 6. The van der Waals surface area contributed by atoms with Gasteiger partial charge in [0.2, 0.25) is 5.91 Å². The Morgan fingerprint density at radius 1 is 1.10 bits per heavy atom. The molecule has 1 N–H and O–H groups in total. The summed E-state index contributed by atoms with van der Waals surface area (Å²) in [5.74, 6) is 0.184. The average molecular weight is 412 g/mol. The van der Waals surface area contributed by atoms with Crippen LogP contribution in [0, 0.1) is 0 Å². The average Bonchev–Trinajstić information content (AvgIpc) is 3.23. The van der Waals surface area contributed by atoms with Gasteiger partial charge in [-0.05, 0) is 29.3 Å². The zero-order chi connectivity index (χ0) is 20.7. The lowest BCUT2D eigenvalue weighted by molar-refractivity contribution is -0.111. The second-order valence-corrected chi connectivity index (χ2v) is 8.39. The highest BCUT2D eigenvalue weighted by Crippen LogP contribution is 2.49. The molecule has 0 saturated carbocycles. The molecule has 0 unspecified atom stereocenters. The number of benzene rings is 2. The molecule has 3 rings (SSSR count). The SMILES string of the molecule is COP(=O)(Cc1ccc(NC(=O)/C=C/c2oncc2-c2ccccc2)cc1)OC. The summed E-state index contributed by atoms with van der Waals surface area (Å²) in [6.45, 7) is 0. The summed E-state index contributed by atoms with van der Waals surface area (Å²) >= 11 is 0. The normalized spacial score (nSPS) is 11.7. The lowest BCUT2D eigenvalue weighted by atomic mass is 10.1. The second kappa shape index (κ2) is 9.47. The number of carbonyl (C=O) groups excluding carboxylic acids is 1. The molecule has 1 amide bonds. The van der Waals surface area contributed by atoms with Gasteiger partial charge in [-0.25, -0.2) is 0 Å². The third kappa shape index (κ3) is 5.51. The Morgan fingerprint density at radius 2 is 1.79 bits per heavy atom. The van der Waals surface area contributed by atoms with Crippen molar-refractivity contribution in [3.8, 4) is 11.1 Å². The first-order valence-electron chi connectivity index (χ1n) is 8.81. The zero-order valence-corrected chi connectivity index (χ0v) is 17.0. The Labute approximate surface area is 168 Å². The van der Waals surface area contributed by atoms with Crippen molar-refractivity contribution in [1.82, 2.24) is 5.16 Å². The fourth-order valence-corrected chi connectivity index (χ4v) is 3.72. The van der Waals surface area contributed by atoms with Gasteiger partial charge in [-0.2, -0.15) is 0 Å². The maximum atomic E-state index is 12.2. The van der Waals surface area contributed by atoms with E-state index in [0.717, 1.165) is 16.7 Å². The number of hydrogen-bond donors (Lipinski definition) is 1. The third-order valence-corrected chi connectivity index (χ3v) is 6.09. The van der Waals surface area contributed by atoms with Crippen molar-refractivity contribution in [3.05, 3.63) is 78.2 Å². The van der Waals surface area contributed by atoms with E-state index in [2.05, 4.69) is 10.5 Å². The molecule has 0 atom stereocenters. The summed E-state index contributed by atoms with van der Waals surface area (Å²) in [6, 6.07) is 16.6. The van der Waals surface area contributed by atoms with Gasteiger partial charge in [0, 0.05) is 31.5 Å². The summed E-state index contributed by atoms with van der Waals surface area (Å²) < 4.78 is 27.3. The van der Waals surface area contributed by atoms with E-state index in [1.54, 1.807) is 36.5 Å². The molecule has 0 saturated heterocycles. The van der Waals surface area contributed by atoms with Gasteiger partial charge >= 0.3 is 7.60 Å². The summed E-state index contributed by atoms with van der Waals surface area (Å²) in [6.07, 6.45) is 4.73. The van der Waals surface area contributed by atoms with Crippen molar-refractivity contribution in [2.24, 2.45) is 0 Å². The first-order chi connectivity index (χ1) is 14.0. The minimum atomic E-state index is -3.13. The molecular formula is C21H21N2O5P. The molecule has 7 nitrogen and oxygen atoms in total. The van der Waals surface area contributed by atoms with Crippen molar-refractivity contribution >= 4 is 25.3 Å². The Balaban J connectivity index is 1.63. The number of rotatable bonds is 8. The van der Waals surface area contributed by atoms with Crippen molar-refractivity contribution in [2.45, 2.75) is 6.16 Å². The molecule has 0 bridgehead atoms. The number of amides is 1. The summed E-state index contributed by atoms with van der Waals surface area (Å²) in [5.41, 5.74) is 3.14. The summed E-state index contributed by atoms with van der Waals surface area (Å²) in [7, 11) is -0.429. The lowest BCUT2D eigenvalue weighted by Crippen LogP contribution is -2.07. The van der Waals surface area contributed by atoms with Gasteiger partial charge in [0.1, 0.15) is 0 Å². The maximum Gasteiger partial charge on any atom is 0.334 e. The monoisotopic (exact) mass is 412 g/mol. The van der Waals surface area contributed by atoms with Crippen LogP contribution in [0.3, 0.4) is 0 Å². The summed E-state index contributed by atoms with van der Waals surface area (Å²) in [4.78, 5) is 12.2. The number of nitrogens with one attached hydrogen (secondary N) is 1. The van der Waals surface area contributed by atoms with Gasteiger partial charge in [-0.3, -0.25) is 9.36 Å². The zero-order valence-electron chi connectivity index (χ0n) is 16.1. The van der Waals surface area contributed by atoms with Crippen molar-refractivity contribution in [3.63, 3.8) is 0 Å². The van der Waals surface area contributed by atoms with E-state index in [1.807, 2.05) is 30.3 Å². The van der Waals surface area contributed by atoms with Crippen LogP contribution in [0.25, 0.3) is 17.2 Å². The molecule has 2 aromatic carbocycles. The minimum Gasteiger partial charge on any atom is -0.356 e. The van der Waals surface area contributed by atoms with Gasteiger partial charge in [0.05, 0.1) is 12.4 Å². The maximum absolute atomic E-state index is 12.2. The van der Waals surface area contributed by atoms with Gasteiger partial charge in [0.15, 0.2) is 5.76 Å². The molecule has 29 heavy (non-hydrogen) atoms. The molecule has 150 valence electrons. The van der Waals surface area contributed by atoms with Crippen LogP contribution in [0.4, 0.5) is 5.69 Å². The van der Waals surface area contributed by atoms with E-state index in [4.69, 9.17) is 13.6 Å². The smallest absolute Gasteiger partial charge is 0.334 e. The Bertz CT molecular complexity index is 1020. The molecule has 1 aromatic heterocycles. The summed E-state index contributed by atoms with van der Waals surface area (Å²) in [5, 5.41) is 6.57. The molecule has 1 heterocycles. The first-order valence-corrected chi connectivity index (χ1v) is 10.5. The Hall–Kier alpha value is -2.99. The van der Waals surface area contributed by atoms with E-state index in [0.29, 0.717) is 11.4 Å². The number of carbonyl (C=O) groups is 1.